The highest BCUT2D eigenvalue weighted by atomic mass is 35.5. The average Bonchev–Trinajstić information content (AvgIpc) is 3.40. The van der Waals surface area contributed by atoms with Crippen LogP contribution in [0.25, 0.3) is 5.00 Å². The lowest BCUT2D eigenvalue weighted by Crippen LogP contribution is -2.18. The van der Waals surface area contributed by atoms with Crippen molar-refractivity contribution in [2.75, 3.05) is 11.9 Å². The van der Waals surface area contributed by atoms with Gasteiger partial charge < -0.3 is 16.2 Å². The number of aliphatic imine (C=N–C) groups is 1. The van der Waals surface area contributed by atoms with E-state index in [0.717, 1.165) is 32.3 Å². The number of nitrogens with two attached hydrogens (primary N) is 1. The molecule has 4 aromatic rings. The van der Waals surface area contributed by atoms with Crippen LogP contribution in [0.1, 0.15) is 68.0 Å². The van der Waals surface area contributed by atoms with Crippen molar-refractivity contribution < 1.29 is 14.7 Å². The van der Waals surface area contributed by atoms with Crippen molar-refractivity contribution in [2.45, 2.75) is 46.1 Å². The van der Waals surface area contributed by atoms with Crippen LogP contribution >= 0.6 is 22.9 Å². The number of carbonyl (C=O) groups excluding carboxylic acids is 1. The van der Waals surface area contributed by atoms with E-state index in [1.807, 2.05) is 35.8 Å². The minimum atomic E-state index is -1.01. The van der Waals surface area contributed by atoms with Crippen molar-refractivity contribution in [3.63, 3.8) is 0 Å². The van der Waals surface area contributed by atoms with Gasteiger partial charge in [-0.2, -0.15) is 0 Å². The standard InChI is InChI=1S/C29H29ClN6O3S/c1-15-16(2)40-28-25(15)26(18-6-8-20(30)9-7-18)33-23(27-35-34-17(3)36(27)28)14-24(37)32-21-10-11-22(29(38)39)19(13-21)5-4-12-31/h6-11,13,23H,4-5,12,14,31H2,1-3H3,(H,32,37)(H,38,39)/t23-/m0/s1. The second-order valence-corrected chi connectivity index (χ2v) is 11.4. The number of anilines is 1. The molecule has 0 radical (unpaired) electrons. The second kappa shape index (κ2) is 11.3. The van der Waals surface area contributed by atoms with E-state index in [1.165, 1.54) is 6.07 Å². The summed E-state index contributed by atoms with van der Waals surface area (Å²) in [6.07, 6.45) is 1.16. The number of aromatic carboxylic acids is 1. The molecule has 11 heteroatoms. The van der Waals surface area contributed by atoms with Gasteiger partial charge in [0.1, 0.15) is 16.9 Å². The van der Waals surface area contributed by atoms with Gasteiger partial charge in [0.2, 0.25) is 5.91 Å². The molecule has 0 unspecified atom stereocenters. The fourth-order valence-electron chi connectivity index (χ4n) is 4.90. The van der Waals surface area contributed by atoms with E-state index in [2.05, 4.69) is 29.4 Å². The van der Waals surface area contributed by atoms with E-state index in [9.17, 15) is 14.7 Å². The Hall–Kier alpha value is -3.86. The Labute approximate surface area is 240 Å². The molecule has 1 aliphatic rings. The number of nitrogens with zero attached hydrogens (tertiary/aromatic N) is 4. The lowest BCUT2D eigenvalue weighted by atomic mass is 9.99. The molecule has 40 heavy (non-hydrogen) atoms. The fraction of sp³-hybridized carbons (Fsp3) is 0.276. The Balaban J connectivity index is 1.53. The molecule has 3 heterocycles. The summed E-state index contributed by atoms with van der Waals surface area (Å²) >= 11 is 7.83. The maximum Gasteiger partial charge on any atom is 0.335 e. The van der Waals surface area contributed by atoms with Crippen LogP contribution in [0.15, 0.2) is 47.5 Å². The summed E-state index contributed by atoms with van der Waals surface area (Å²) in [4.78, 5) is 31.3. The van der Waals surface area contributed by atoms with Crippen molar-refractivity contribution in [2.24, 2.45) is 10.7 Å². The van der Waals surface area contributed by atoms with E-state index >= 15 is 0 Å². The summed E-state index contributed by atoms with van der Waals surface area (Å²) in [5.41, 5.74) is 10.7. The van der Waals surface area contributed by atoms with Crippen molar-refractivity contribution in [1.29, 1.82) is 0 Å². The first kappa shape index (κ1) is 27.7. The van der Waals surface area contributed by atoms with Gasteiger partial charge in [0.15, 0.2) is 5.82 Å². The van der Waals surface area contributed by atoms with E-state index in [0.29, 0.717) is 47.3 Å². The van der Waals surface area contributed by atoms with Crippen molar-refractivity contribution in [1.82, 2.24) is 14.8 Å². The molecule has 2 aromatic carbocycles. The molecule has 2 aromatic heterocycles. The smallest absolute Gasteiger partial charge is 0.335 e. The zero-order chi connectivity index (χ0) is 28.6. The van der Waals surface area contributed by atoms with Gasteiger partial charge in [-0.3, -0.25) is 14.4 Å². The van der Waals surface area contributed by atoms with Gasteiger partial charge in [0.25, 0.3) is 0 Å². The van der Waals surface area contributed by atoms with Gasteiger partial charge in [0.05, 0.1) is 17.7 Å². The van der Waals surface area contributed by atoms with E-state index < -0.39 is 12.0 Å². The third kappa shape index (κ3) is 5.30. The molecule has 1 atom stereocenters. The Kier molecular flexibility index (Phi) is 7.84. The summed E-state index contributed by atoms with van der Waals surface area (Å²) in [5, 5.41) is 22.8. The molecule has 206 valence electrons. The highest BCUT2D eigenvalue weighted by Gasteiger charge is 2.32. The number of aromatic nitrogens is 3. The van der Waals surface area contributed by atoms with Gasteiger partial charge in [-0.1, -0.05) is 23.7 Å². The Bertz CT molecular complexity index is 1640. The van der Waals surface area contributed by atoms with Crippen LogP contribution in [0.4, 0.5) is 5.69 Å². The number of rotatable bonds is 8. The molecule has 0 fully saturated rings. The molecule has 1 aliphatic heterocycles. The lowest BCUT2D eigenvalue weighted by Gasteiger charge is -2.14. The van der Waals surface area contributed by atoms with E-state index in [1.54, 1.807) is 23.5 Å². The van der Waals surface area contributed by atoms with Crippen molar-refractivity contribution in [3.05, 3.63) is 91.8 Å². The van der Waals surface area contributed by atoms with Gasteiger partial charge in [-0.05, 0) is 81.6 Å². The van der Waals surface area contributed by atoms with Crippen LogP contribution in [-0.4, -0.2) is 44.0 Å². The third-order valence-corrected chi connectivity index (χ3v) is 8.45. The normalized spacial score (nSPS) is 14.2. The average molecular weight is 577 g/mol. The highest BCUT2D eigenvalue weighted by Crippen LogP contribution is 2.39. The van der Waals surface area contributed by atoms with Gasteiger partial charge in [-0.15, -0.1) is 21.5 Å². The number of hydrogen-bond acceptors (Lipinski definition) is 7. The number of halogens is 1. The monoisotopic (exact) mass is 576 g/mol. The molecule has 0 bridgehead atoms. The summed E-state index contributed by atoms with van der Waals surface area (Å²) in [6.45, 7) is 6.49. The molecule has 5 rings (SSSR count). The van der Waals surface area contributed by atoms with E-state index in [-0.39, 0.29) is 17.9 Å². The molecule has 0 saturated carbocycles. The Morgan fingerprint density at radius 3 is 2.58 bits per heavy atom. The SMILES string of the molecule is Cc1sc2c(c1C)C(c1ccc(Cl)cc1)=N[C@@H](CC(=O)Nc1ccc(C(=O)O)c(CCCN)c1)c1nnc(C)n1-2. The third-order valence-electron chi connectivity index (χ3n) is 7.01. The van der Waals surface area contributed by atoms with Crippen LogP contribution in [0.2, 0.25) is 5.02 Å². The van der Waals surface area contributed by atoms with Crippen LogP contribution in [-0.2, 0) is 11.2 Å². The van der Waals surface area contributed by atoms with Gasteiger partial charge in [-0.25, -0.2) is 4.79 Å². The van der Waals surface area contributed by atoms with Crippen LogP contribution in [0, 0.1) is 20.8 Å². The number of carbonyl (C=O) groups is 2. The quantitative estimate of drug-likeness (QED) is 0.256. The lowest BCUT2D eigenvalue weighted by molar-refractivity contribution is -0.116. The number of benzene rings is 2. The zero-order valence-electron chi connectivity index (χ0n) is 22.4. The first-order valence-corrected chi connectivity index (χ1v) is 14.1. The molecule has 0 aliphatic carbocycles. The number of carboxylic acids is 1. The van der Waals surface area contributed by atoms with Crippen LogP contribution in [0.3, 0.4) is 0 Å². The first-order valence-electron chi connectivity index (χ1n) is 12.9. The van der Waals surface area contributed by atoms with E-state index in [4.69, 9.17) is 22.3 Å². The minimum absolute atomic E-state index is 0.0149. The topological polar surface area (TPSA) is 135 Å². The minimum Gasteiger partial charge on any atom is -0.478 e. The van der Waals surface area contributed by atoms with Crippen molar-refractivity contribution >= 4 is 46.2 Å². The summed E-state index contributed by atoms with van der Waals surface area (Å²) in [6, 6.07) is 11.7. The summed E-state index contributed by atoms with van der Waals surface area (Å²) in [5.74, 6) is 0.00998. The zero-order valence-corrected chi connectivity index (χ0v) is 23.9. The van der Waals surface area contributed by atoms with Gasteiger partial charge in [0, 0.05) is 26.7 Å². The predicted octanol–water partition coefficient (Wildman–Crippen LogP) is 5.42. The number of hydrogen-bond donors (Lipinski definition) is 3. The number of amides is 1. The fourth-order valence-corrected chi connectivity index (χ4v) is 6.24. The molecule has 9 nitrogen and oxygen atoms in total. The maximum atomic E-state index is 13.4. The predicted molar refractivity (Wildman–Crippen MR) is 157 cm³/mol. The Morgan fingerprint density at radius 1 is 1.12 bits per heavy atom. The molecule has 1 amide bonds. The molecule has 0 saturated heterocycles. The number of fused-ring (bicyclic) bond motifs is 3. The van der Waals surface area contributed by atoms with Crippen molar-refractivity contribution in [3.8, 4) is 5.00 Å². The second-order valence-electron chi connectivity index (χ2n) is 9.73. The molecule has 4 N–H and O–H groups in total. The Morgan fingerprint density at radius 2 is 1.88 bits per heavy atom. The number of thiophene rings is 1. The molecular weight excluding hydrogens is 548 g/mol. The number of nitrogens with one attached hydrogen (secondary N) is 1. The van der Waals surface area contributed by atoms with Crippen LogP contribution < -0.4 is 11.1 Å². The van der Waals surface area contributed by atoms with Gasteiger partial charge >= 0.3 is 5.97 Å². The molecular formula is C29H29ClN6O3S. The first-order chi connectivity index (χ1) is 19.2. The van der Waals surface area contributed by atoms with Crippen LogP contribution in [0.5, 0.6) is 0 Å². The molecule has 0 spiro atoms. The number of carboxylic acid groups (broad SMARTS) is 1. The largest absolute Gasteiger partial charge is 0.478 e. The highest BCUT2D eigenvalue weighted by molar-refractivity contribution is 7.15. The maximum absolute atomic E-state index is 13.4. The number of aryl methyl sites for hydroxylation is 3. The summed E-state index contributed by atoms with van der Waals surface area (Å²) < 4.78 is 2.00. The summed E-state index contributed by atoms with van der Waals surface area (Å²) in [7, 11) is 0.